The minimum absolute atomic E-state index is 0.0212. The number of hydrogen-bond donors (Lipinski definition) is 1. The summed E-state index contributed by atoms with van der Waals surface area (Å²) in [7, 11) is 0. The third-order valence-corrected chi connectivity index (χ3v) is 7.49. The number of Topliss-reactive ketones (excluding diaryl/α,β-unsaturated/α-hetero) is 1. The molecule has 3 aromatic carbocycles. The van der Waals surface area contributed by atoms with Gasteiger partial charge in [-0.05, 0) is 60.9 Å². The lowest BCUT2D eigenvalue weighted by molar-refractivity contribution is -0.132. The van der Waals surface area contributed by atoms with E-state index in [1.165, 1.54) is 16.2 Å². The van der Waals surface area contributed by atoms with Crippen molar-refractivity contribution in [2.45, 2.75) is 32.7 Å². The highest BCUT2D eigenvalue weighted by atomic mass is 35.5. The monoisotopic (exact) mass is 562 g/mol. The van der Waals surface area contributed by atoms with Gasteiger partial charge in [0.05, 0.1) is 35.0 Å². The van der Waals surface area contributed by atoms with Crippen LogP contribution in [0.2, 0.25) is 5.02 Å². The van der Waals surface area contributed by atoms with Crippen molar-refractivity contribution in [3.63, 3.8) is 0 Å². The lowest BCUT2D eigenvalue weighted by atomic mass is 9.95. The van der Waals surface area contributed by atoms with Crippen LogP contribution in [-0.2, 0) is 9.59 Å². The van der Waals surface area contributed by atoms with Gasteiger partial charge in [0, 0.05) is 10.6 Å². The molecule has 2 heterocycles. The predicted octanol–water partition coefficient (Wildman–Crippen LogP) is 7.15. The fourth-order valence-corrected chi connectivity index (χ4v) is 5.68. The Balaban J connectivity index is 1.64. The highest BCUT2D eigenvalue weighted by Gasteiger charge is 2.48. The number of amides is 1. The molecule has 1 aliphatic heterocycles. The maximum atomic E-state index is 13.5. The molecule has 200 valence electrons. The van der Waals surface area contributed by atoms with Crippen molar-refractivity contribution in [2.75, 3.05) is 18.1 Å². The van der Waals surface area contributed by atoms with E-state index in [-0.39, 0.29) is 11.3 Å². The highest BCUT2D eigenvalue weighted by Crippen LogP contribution is 2.45. The number of fused-ring (bicyclic) bond motifs is 1. The Hall–Kier alpha value is -3.88. The molecule has 0 saturated carbocycles. The molecule has 5 rings (SSSR count). The summed E-state index contributed by atoms with van der Waals surface area (Å²) in [6.45, 7) is 5.11. The molecule has 1 aromatic heterocycles. The zero-order valence-electron chi connectivity index (χ0n) is 21.5. The first-order valence-corrected chi connectivity index (χ1v) is 13.9. The Morgan fingerprint density at radius 3 is 2.41 bits per heavy atom. The SMILES string of the molecule is CCCOc1ccc(C2C(=C(O)c3cccc(OCCC)c3)C(=O)C(=O)N2c2nc3ccc(Cl)cc3s2)cc1. The number of anilines is 1. The molecule has 4 aromatic rings. The van der Waals surface area contributed by atoms with Crippen molar-refractivity contribution in [1.29, 1.82) is 0 Å². The number of carbonyl (C=O) groups is 2. The zero-order chi connectivity index (χ0) is 27.5. The van der Waals surface area contributed by atoms with Gasteiger partial charge in [0.25, 0.3) is 5.78 Å². The number of hydrogen-bond acceptors (Lipinski definition) is 7. The topological polar surface area (TPSA) is 89.0 Å². The van der Waals surface area contributed by atoms with E-state index in [2.05, 4.69) is 4.98 Å². The van der Waals surface area contributed by atoms with Crippen LogP contribution in [0.1, 0.15) is 43.9 Å². The lowest BCUT2D eigenvalue weighted by Gasteiger charge is -2.23. The van der Waals surface area contributed by atoms with E-state index in [4.69, 9.17) is 21.1 Å². The van der Waals surface area contributed by atoms with Crippen molar-refractivity contribution in [3.8, 4) is 11.5 Å². The molecule has 1 unspecified atom stereocenters. The normalized spacial score (nSPS) is 16.7. The summed E-state index contributed by atoms with van der Waals surface area (Å²) in [4.78, 5) is 33.0. The maximum absolute atomic E-state index is 13.5. The number of thiazole rings is 1. The number of benzene rings is 3. The van der Waals surface area contributed by atoms with Crippen molar-refractivity contribution in [3.05, 3.63) is 88.5 Å². The van der Waals surface area contributed by atoms with Crippen molar-refractivity contribution in [1.82, 2.24) is 4.98 Å². The molecule has 1 N–H and O–H groups in total. The number of ketones is 1. The Kier molecular flexibility index (Phi) is 7.86. The third-order valence-electron chi connectivity index (χ3n) is 6.24. The predicted molar refractivity (Wildman–Crippen MR) is 154 cm³/mol. The average Bonchev–Trinajstić information content (AvgIpc) is 3.48. The van der Waals surface area contributed by atoms with Gasteiger partial charge >= 0.3 is 5.91 Å². The number of aromatic nitrogens is 1. The van der Waals surface area contributed by atoms with E-state index >= 15 is 0 Å². The van der Waals surface area contributed by atoms with Gasteiger partial charge in [-0.15, -0.1) is 0 Å². The van der Waals surface area contributed by atoms with Crippen LogP contribution in [-0.4, -0.2) is 35.0 Å². The molecular formula is C30H27ClN2O5S. The summed E-state index contributed by atoms with van der Waals surface area (Å²) in [5.74, 6) is -0.601. The Labute approximate surface area is 235 Å². The third kappa shape index (κ3) is 5.35. The number of aliphatic hydroxyl groups excluding tert-OH is 1. The van der Waals surface area contributed by atoms with Crippen molar-refractivity contribution >= 4 is 55.7 Å². The first kappa shape index (κ1) is 26.7. The quantitative estimate of drug-likeness (QED) is 0.132. The van der Waals surface area contributed by atoms with Gasteiger partial charge in [0.15, 0.2) is 5.13 Å². The van der Waals surface area contributed by atoms with Gasteiger partial charge in [0.1, 0.15) is 17.3 Å². The van der Waals surface area contributed by atoms with E-state index in [1.807, 2.05) is 13.8 Å². The van der Waals surface area contributed by atoms with Crippen LogP contribution in [0.4, 0.5) is 5.13 Å². The Morgan fingerprint density at radius 1 is 0.974 bits per heavy atom. The Bertz CT molecular complexity index is 1560. The number of nitrogens with zero attached hydrogens (tertiary/aromatic N) is 2. The van der Waals surface area contributed by atoms with E-state index in [9.17, 15) is 14.7 Å². The molecule has 0 radical (unpaired) electrons. The summed E-state index contributed by atoms with van der Waals surface area (Å²) >= 11 is 7.43. The molecule has 1 saturated heterocycles. The van der Waals surface area contributed by atoms with Crippen LogP contribution in [0.15, 0.2) is 72.3 Å². The second-order valence-electron chi connectivity index (χ2n) is 9.07. The van der Waals surface area contributed by atoms with E-state index in [0.29, 0.717) is 51.5 Å². The average molecular weight is 563 g/mol. The number of carbonyl (C=O) groups excluding carboxylic acids is 2. The molecule has 0 bridgehead atoms. The summed E-state index contributed by atoms with van der Waals surface area (Å²) in [5, 5.41) is 12.4. The summed E-state index contributed by atoms with van der Waals surface area (Å²) in [6.07, 6.45) is 1.69. The van der Waals surface area contributed by atoms with E-state index < -0.39 is 17.7 Å². The smallest absolute Gasteiger partial charge is 0.301 e. The summed E-state index contributed by atoms with van der Waals surface area (Å²) in [5.41, 5.74) is 1.65. The molecule has 1 atom stereocenters. The number of halogens is 1. The van der Waals surface area contributed by atoms with Crippen LogP contribution in [0.3, 0.4) is 0 Å². The van der Waals surface area contributed by atoms with Crippen LogP contribution in [0.25, 0.3) is 16.0 Å². The van der Waals surface area contributed by atoms with Crippen LogP contribution in [0.5, 0.6) is 11.5 Å². The van der Waals surface area contributed by atoms with Crippen LogP contribution >= 0.6 is 22.9 Å². The number of aliphatic hydroxyl groups is 1. The second-order valence-corrected chi connectivity index (χ2v) is 10.5. The number of rotatable bonds is 9. The molecule has 0 aliphatic carbocycles. The summed E-state index contributed by atoms with van der Waals surface area (Å²) < 4.78 is 12.2. The Morgan fingerprint density at radius 2 is 1.69 bits per heavy atom. The second kappa shape index (κ2) is 11.5. The van der Waals surface area contributed by atoms with Gasteiger partial charge in [-0.25, -0.2) is 4.98 Å². The fraction of sp³-hybridized carbons (Fsp3) is 0.233. The molecule has 9 heteroatoms. The molecule has 1 amide bonds. The van der Waals surface area contributed by atoms with Gasteiger partial charge in [-0.3, -0.25) is 14.5 Å². The minimum Gasteiger partial charge on any atom is -0.507 e. The molecule has 39 heavy (non-hydrogen) atoms. The molecular weight excluding hydrogens is 536 g/mol. The van der Waals surface area contributed by atoms with Crippen LogP contribution in [0, 0.1) is 0 Å². The van der Waals surface area contributed by atoms with Crippen LogP contribution < -0.4 is 14.4 Å². The van der Waals surface area contributed by atoms with E-state index in [0.717, 1.165) is 17.5 Å². The van der Waals surface area contributed by atoms with Crippen molar-refractivity contribution < 1.29 is 24.2 Å². The first-order valence-electron chi connectivity index (χ1n) is 12.7. The first-order chi connectivity index (χ1) is 18.9. The molecule has 7 nitrogen and oxygen atoms in total. The maximum Gasteiger partial charge on any atom is 0.301 e. The van der Waals surface area contributed by atoms with Crippen molar-refractivity contribution in [2.24, 2.45) is 0 Å². The van der Waals surface area contributed by atoms with Gasteiger partial charge in [-0.1, -0.05) is 61.1 Å². The minimum atomic E-state index is -0.901. The largest absolute Gasteiger partial charge is 0.507 e. The molecule has 1 aliphatic rings. The molecule has 0 spiro atoms. The number of ether oxygens (including phenoxy) is 2. The van der Waals surface area contributed by atoms with Gasteiger partial charge in [0.2, 0.25) is 0 Å². The van der Waals surface area contributed by atoms with Gasteiger partial charge in [-0.2, -0.15) is 0 Å². The molecule has 1 fully saturated rings. The van der Waals surface area contributed by atoms with Gasteiger partial charge < -0.3 is 14.6 Å². The van der Waals surface area contributed by atoms with E-state index in [1.54, 1.807) is 66.7 Å². The lowest BCUT2D eigenvalue weighted by Crippen LogP contribution is -2.29. The summed E-state index contributed by atoms with van der Waals surface area (Å²) in [6, 6.07) is 18.4. The fourth-order valence-electron chi connectivity index (χ4n) is 4.41. The highest BCUT2D eigenvalue weighted by molar-refractivity contribution is 7.22. The zero-order valence-corrected chi connectivity index (χ0v) is 23.1. The standard InChI is InChI=1S/C30H27ClN2O5S/c1-3-14-37-21-11-8-18(9-12-21)26-25(27(34)19-6-5-7-22(16-19)38-15-4-2)28(35)29(36)33(26)30-32-23-13-10-20(31)17-24(23)39-30/h5-13,16-17,26,34H,3-4,14-15H2,1-2H3.